The molecular weight excluding hydrogens is 789 g/mol. The van der Waals surface area contributed by atoms with E-state index in [4.69, 9.17) is 35.8 Å². The zero-order chi connectivity index (χ0) is 51.9. The number of fused-ring (bicyclic) bond motifs is 9. The van der Waals surface area contributed by atoms with Crippen molar-refractivity contribution in [2.24, 2.45) is 0 Å². The van der Waals surface area contributed by atoms with E-state index in [1.54, 1.807) is 35.6 Å². The number of hydrogen-bond acceptors (Lipinski definition) is 5. The van der Waals surface area contributed by atoms with Crippen molar-refractivity contribution in [2.75, 3.05) is 0 Å². The molecule has 0 radical (unpaired) electrons. The minimum atomic E-state index is -0.592. The average molecular weight is 835 g/mol. The van der Waals surface area contributed by atoms with Gasteiger partial charge < -0.3 is 8.98 Å². The summed E-state index contributed by atoms with van der Waals surface area (Å²) in [5, 5.41) is 4.29. The Kier molecular flexibility index (Phi) is 5.76. The number of furan rings is 1. The van der Waals surface area contributed by atoms with Crippen LogP contribution in [0.2, 0.25) is 0 Å². The summed E-state index contributed by atoms with van der Waals surface area (Å²) in [6.07, 6.45) is 0. The van der Waals surface area contributed by atoms with Gasteiger partial charge in [0.25, 0.3) is 0 Å². The summed E-state index contributed by atoms with van der Waals surface area (Å²) in [5.41, 5.74) is 6.36. The number of para-hydroxylation sites is 5. The summed E-state index contributed by atoms with van der Waals surface area (Å²) in [6, 6.07) is 36.8. The van der Waals surface area contributed by atoms with Crippen LogP contribution in [0.5, 0.6) is 0 Å². The summed E-state index contributed by atoms with van der Waals surface area (Å²) < 4.78 is 115. The lowest BCUT2D eigenvalue weighted by Crippen LogP contribution is -2.03. The molecule has 0 amide bonds. The second-order valence-electron chi connectivity index (χ2n) is 15.0. The van der Waals surface area contributed by atoms with Gasteiger partial charge in [-0.25, -0.2) is 15.0 Å². The molecule has 294 valence electrons. The van der Waals surface area contributed by atoms with E-state index in [2.05, 4.69) is 54.6 Å². The molecule has 0 N–H and O–H groups in total. The lowest BCUT2D eigenvalue weighted by atomic mass is 9.98. The van der Waals surface area contributed by atoms with E-state index in [9.17, 15) is 0 Å². The minimum absolute atomic E-state index is 0.00608. The molecule has 13 aromatic rings. The Bertz CT molecular complexity index is 4620. The van der Waals surface area contributed by atoms with Gasteiger partial charge in [-0.3, -0.25) is 0 Å². The Morgan fingerprint density at radius 2 is 1.08 bits per heavy atom. The topological polar surface area (TPSA) is 56.7 Å². The Hall–Kier alpha value is -8.19. The molecule has 0 fully saturated rings. The number of rotatable bonds is 6. The van der Waals surface area contributed by atoms with Gasteiger partial charge in [-0.05, 0) is 59.1 Å². The quantitative estimate of drug-likeness (QED) is 0.167. The maximum atomic E-state index is 9.13. The van der Waals surface area contributed by atoms with Crippen molar-refractivity contribution < 1.29 is 20.9 Å². The number of thiophene rings is 1. The van der Waals surface area contributed by atoms with Crippen LogP contribution < -0.4 is 0 Å². The van der Waals surface area contributed by atoms with Crippen LogP contribution in [-0.4, -0.2) is 19.5 Å². The molecule has 0 aliphatic carbocycles. The molecular formula is C57H34N4OS. The summed E-state index contributed by atoms with van der Waals surface area (Å²) in [4.78, 5) is 14.5. The second kappa shape index (κ2) is 14.2. The van der Waals surface area contributed by atoms with Gasteiger partial charge in [0.2, 0.25) is 0 Å². The first kappa shape index (κ1) is 25.6. The third-order valence-corrected chi connectivity index (χ3v) is 12.7. The van der Waals surface area contributed by atoms with Gasteiger partial charge in [0, 0.05) is 64.0 Å². The van der Waals surface area contributed by atoms with Gasteiger partial charge >= 0.3 is 0 Å². The summed E-state index contributed by atoms with van der Waals surface area (Å²) in [5.74, 6) is -0.166. The van der Waals surface area contributed by atoms with E-state index in [-0.39, 0.29) is 74.2 Å². The van der Waals surface area contributed by atoms with Crippen molar-refractivity contribution in [3.63, 3.8) is 0 Å². The predicted octanol–water partition coefficient (Wildman–Crippen LogP) is 15.6. The van der Waals surface area contributed by atoms with Gasteiger partial charge in [0.15, 0.2) is 17.5 Å². The molecule has 0 unspecified atom stereocenters. The minimum Gasteiger partial charge on any atom is -0.455 e. The number of nitrogens with zero attached hydrogens (tertiary/aromatic N) is 4. The first-order valence-electron chi connectivity index (χ1n) is 26.1. The van der Waals surface area contributed by atoms with E-state index >= 15 is 0 Å². The Morgan fingerprint density at radius 1 is 0.429 bits per heavy atom. The Balaban J connectivity index is 0.974. The molecule has 0 aliphatic rings. The van der Waals surface area contributed by atoms with Crippen LogP contribution in [0.1, 0.15) is 16.4 Å². The van der Waals surface area contributed by atoms with Crippen LogP contribution in [0.4, 0.5) is 0 Å². The van der Waals surface area contributed by atoms with Crippen LogP contribution in [0, 0.1) is 0 Å². The maximum Gasteiger partial charge on any atom is 0.166 e. The fraction of sp³-hybridized carbons (Fsp3) is 0. The molecule has 63 heavy (non-hydrogen) atoms. The van der Waals surface area contributed by atoms with Crippen molar-refractivity contribution in [1.29, 1.82) is 0 Å². The number of aromatic nitrogens is 4. The third kappa shape index (κ3) is 5.73. The highest BCUT2D eigenvalue weighted by Gasteiger charge is 2.20. The molecule has 0 saturated heterocycles. The van der Waals surface area contributed by atoms with Gasteiger partial charge in [0.1, 0.15) is 11.2 Å². The normalized spacial score (nSPS) is 14.5. The van der Waals surface area contributed by atoms with Crippen molar-refractivity contribution in [2.45, 2.75) is 0 Å². The largest absolute Gasteiger partial charge is 0.455 e. The summed E-state index contributed by atoms with van der Waals surface area (Å²) in [6.45, 7) is 0. The molecule has 9 aromatic carbocycles. The first-order valence-corrected chi connectivity index (χ1v) is 20.9. The molecule has 0 saturated carbocycles. The van der Waals surface area contributed by atoms with E-state index in [0.29, 0.717) is 5.56 Å². The highest BCUT2D eigenvalue weighted by molar-refractivity contribution is 7.26. The van der Waals surface area contributed by atoms with Crippen molar-refractivity contribution in [1.82, 2.24) is 19.5 Å². The lowest BCUT2D eigenvalue weighted by molar-refractivity contribution is 0.670. The van der Waals surface area contributed by atoms with Crippen LogP contribution in [0.3, 0.4) is 0 Å². The average Bonchev–Trinajstić information content (AvgIpc) is 4.13. The van der Waals surface area contributed by atoms with Gasteiger partial charge in [0.05, 0.1) is 33.2 Å². The summed E-state index contributed by atoms with van der Waals surface area (Å²) in [7, 11) is 0. The van der Waals surface area contributed by atoms with Gasteiger partial charge in [-0.2, -0.15) is 0 Å². The fourth-order valence-corrected chi connectivity index (χ4v) is 9.85. The third-order valence-electron chi connectivity index (χ3n) is 11.5. The molecule has 4 heterocycles. The van der Waals surface area contributed by atoms with Crippen molar-refractivity contribution in [3.05, 3.63) is 206 Å². The standard InChI is InChI=1S/C57H34N4OS/c1-2-14-36(15-3-1)55-58-56(60-57(59-55)46-19-6-10-26-50(46)61-48-24-8-4-16-41(48)42-17-5-9-25-49(42)61)37-30-28-35(29-31-37)40-21-13-23-45-47-34-38(32-33-52(47)63-54(40)45)39-20-12-22-44-43-18-7-11-27-51(43)62-53(39)44/h1-34H/i1D,2D,3D,4D,5D,8D,14D,15D,16D,17D,24D,25D. The van der Waals surface area contributed by atoms with Gasteiger partial charge in [-0.1, -0.05) is 164 Å². The van der Waals surface area contributed by atoms with E-state index in [0.717, 1.165) is 64.4 Å². The number of hydrogen-bond donors (Lipinski definition) is 0. The Morgan fingerprint density at radius 3 is 1.97 bits per heavy atom. The van der Waals surface area contributed by atoms with Crippen molar-refractivity contribution >= 4 is 75.3 Å². The van der Waals surface area contributed by atoms with E-state index in [1.807, 2.05) is 48.5 Å². The molecule has 0 aliphatic heterocycles. The number of benzene rings is 9. The van der Waals surface area contributed by atoms with Crippen molar-refractivity contribution in [3.8, 4) is 62.1 Å². The highest BCUT2D eigenvalue weighted by Crippen LogP contribution is 2.44. The van der Waals surface area contributed by atoms with E-state index < -0.39 is 54.4 Å². The molecule has 0 spiro atoms. The summed E-state index contributed by atoms with van der Waals surface area (Å²) >= 11 is 1.70. The fourth-order valence-electron chi connectivity index (χ4n) is 8.63. The van der Waals surface area contributed by atoms with Crippen LogP contribution in [0.25, 0.3) is 126 Å². The van der Waals surface area contributed by atoms with Crippen LogP contribution >= 0.6 is 11.3 Å². The predicted molar refractivity (Wildman–Crippen MR) is 262 cm³/mol. The smallest absolute Gasteiger partial charge is 0.166 e. The molecule has 0 atom stereocenters. The Labute approximate surface area is 382 Å². The van der Waals surface area contributed by atoms with Crippen LogP contribution in [-0.2, 0) is 0 Å². The molecule has 4 aromatic heterocycles. The van der Waals surface area contributed by atoms with Crippen LogP contribution in [0.15, 0.2) is 210 Å². The zero-order valence-electron chi connectivity index (χ0n) is 44.8. The molecule has 6 heteroatoms. The first-order chi connectivity index (χ1) is 36.2. The molecule has 13 rings (SSSR count). The monoisotopic (exact) mass is 834 g/mol. The van der Waals surface area contributed by atoms with Gasteiger partial charge in [-0.15, -0.1) is 11.3 Å². The SMILES string of the molecule is [2H]c1cc([2H])c2c(c1[2H])c1c([2H])c([2H])c([2H])c([2H])c1n2-c1ccccc1-c1nc(-c2ccc(-c3cccc4c3sc3ccc(-c5cccc6c5oc5ccccc56)cc34)cc2)nc(-c2c([2H])c([2H])c([2H])c([2H])c2[2H])n1. The second-order valence-corrected chi connectivity index (χ2v) is 16.1. The molecule has 5 nitrogen and oxygen atoms in total. The maximum absolute atomic E-state index is 9.13. The molecule has 0 bridgehead atoms. The zero-order valence-corrected chi connectivity index (χ0v) is 33.6. The van der Waals surface area contributed by atoms with E-state index in [1.165, 1.54) is 10.6 Å². The highest BCUT2D eigenvalue weighted by atomic mass is 32.1. The lowest BCUT2D eigenvalue weighted by Gasteiger charge is -2.14.